The van der Waals surface area contributed by atoms with Crippen molar-refractivity contribution < 1.29 is 4.79 Å². The van der Waals surface area contributed by atoms with Gasteiger partial charge >= 0.3 is 0 Å². The van der Waals surface area contributed by atoms with Crippen LogP contribution >= 0.6 is 27.7 Å². The highest BCUT2D eigenvalue weighted by Crippen LogP contribution is 2.29. The fourth-order valence-electron chi connectivity index (χ4n) is 1.66. The SMILES string of the molecule is O=Cc1ccc(Sc2nnc3ccccn23)cc1Br. The van der Waals surface area contributed by atoms with Gasteiger partial charge in [0.25, 0.3) is 0 Å². The number of benzene rings is 1. The van der Waals surface area contributed by atoms with Crippen LogP contribution in [0.5, 0.6) is 0 Å². The van der Waals surface area contributed by atoms with Gasteiger partial charge in [-0.1, -0.05) is 22.0 Å². The molecule has 0 bridgehead atoms. The van der Waals surface area contributed by atoms with Crippen LogP contribution in [-0.2, 0) is 0 Å². The van der Waals surface area contributed by atoms with Crippen molar-refractivity contribution in [2.24, 2.45) is 0 Å². The third-order valence-electron chi connectivity index (χ3n) is 2.59. The molecule has 19 heavy (non-hydrogen) atoms. The van der Waals surface area contributed by atoms with E-state index in [1.165, 1.54) is 11.8 Å². The summed E-state index contributed by atoms with van der Waals surface area (Å²) in [6.45, 7) is 0. The predicted octanol–water partition coefficient (Wildman–Crippen LogP) is 3.46. The van der Waals surface area contributed by atoms with Gasteiger partial charge in [-0.3, -0.25) is 9.20 Å². The number of rotatable bonds is 3. The maximum Gasteiger partial charge on any atom is 0.200 e. The summed E-state index contributed by atoms with van der Waals surface area (Å²) in [5.41, 5.74) is 1.45. The highest BCUT2D eigenvalue weighted by Gasteiger charge is 2.08. The molecule has 0 aliphatic heterocycles. The molecule has 6 heteroatoms. The molecule has 0 aliphatic rings. The van der Waals surface area contributed by atoms with E-state index in [0.717, 1.165) is 26.5 Å². The zero-order valence-electron chi connectivity index (χ0n) is 9.65. The fourth-order valence-corrected chi connectivity index (χ4v) is 3.14. The van der Waals surface area contributed by atoms with Gasteiger partial charge in [-0.2, -0.15) is 0 Å². The van der Waals surface area contributed by atoms with Gasteiger partial charge in [0.15, 0.2) is 17.1 Å². The van der Waals surface area contributed by atoms with Crippen LogP contribution in [-0.4, -0.2) is 20.9 Å². The Morgan fingerprint density at radius 2 is 2.11 bits per heavy atom. The molecule has 3 rings (SSSR count). The molecule has 3 aromatic rings. The average molecular weight is 334 g/mol. The summed E-state index contributed by atoms with van der Waals surface area (Å²) in [4.78, 5) is 11.8. The topological polar surface area (TPSA) is 47.3 Å². The van der Waals surface area contributed by atoms with E-state index < -0.39 is 0 Å². The zero-order valence-corrected chi connectivity index (χ0v) is 12.1. The molecule has 4 nitrogen and oxygen atoms in total. The number of fused-ring (bicyclic) bond motifs is 1. The largest absolute Gasteiger partial charge is 0.298 e. The first kappa shape index (κ1) is 12.4. The van der Waals surface area contributed by atoms with Crippen LogP contribution in [0, 0.1) is 0 Å². The summed E-state index contributed by atoms with van der Waals surface area (Å²) in [6, 6.07) is 11.3. The molecule has 0 atom stereocenters. The van der Waals surface area contributed by atoms with Crippen molar-refractivity contribution in [3.05, 3.63) is 52.6 Å². The fraction of sp³-hybridized carbons (Fsp3) is 0. The molecule has 0 aliphatic carbocycles. The maximum absolute atomic E-state index is 10.8. The van der Waals surface area contributed by atoms with E-state index in [1.807, 2.05) is 40.9 Å². The van der Waals surface area contributed by atoms with E-state index in [1.54, 1.807) is 6.07 Å². The number of halogens is 1. The van der Waals surface area contributed by atoms with Crippen LogP contribution in [0.2, 0.25) is 0 Å². The van der Waals surface area contributed by atoms with Crippen LogP contribution < -0.4 is 0 Å². The van der Waals surface area contributed by atoms with E-state index in [0.29, 0.717) is 5.56 Å². The van der Waals surface area contributed by atoms with Gasteiger partial charge in [0.1, 0.15) is 0 Å². The molecule has 2 aromatic heterocycles. The smallest absolute Gasteiger partial charge is 0.200 e. The molecule has 0 saturated heterocycles. The Morgan fingerprint density at radius 1 is 1.21 bits per heavy atom. The Hall–Kier alpha value is -1.66. The second-order valence-corrected chi connectivity index (χ2v) is 5.71. The monoisotopic (exact) mass is 333 g/mol. The number of hydrogen-bond donors (Lipinski definition) is 0. The van der Waals surface area contributed by atoms with E-state index >= 15 is 0 Å². The predicted molar refractivity (Wildman–Crippen MR) is 76.6 cm³/mol. The zero-order chi connectivity index (χ0) is 13.2. The lowest BCUT2D eigenvalue weighted by atomic mass is 10.2. The molecule has 0 amide bonds. The molecular formula is C13H8BrN3OS. The molecule has 94 valence electrons. The van der Waals surface area contributed by atoms with Crippen LogP contribution in [0.1, 0.15) is 10.4 Å². The van der Waals surface area contributed by atoms with Crippen molar-refractivity contribution in [1.29, 1.82) is 0 Å². The molecule has 0 fully saturated rings. The van der Waals surface area contributed by atoms with Crippen LogP contribution in [0.15, 0.2) is 57.1 Å². The third kappa shape index (κ3) is 2.41. The number of aldehydes is 1. The molecular weight excluding hydrogens is 326 g/mol. The lowest BCUT2D eigenvalue weighted by molar-refractivity contribution is 0.112. The summed E-state index contributed by atoms with van der Waals surface area (Å²) in [5, 5.41) is 9.04. The van der Waals surface area contributed by atoms with E-state index in [-0.39, 0.29) is 0 Å². The Labute approximate surface area is 122 Å². The van der Waals surface area contributed by atoms with Crippen molar-refractivity contribution >= 4 is 39.6 Å². The Kier molecular flexibility index (Phi) is 3.35. The number of pyridine rings is 1. The van der Waals surface area contributed by atoms with Gasteiger partial charge in [0, 0.05) is 21.1 Å². The molecule has 1 aromatic carbocycles. The standard InChI is InChI=1S/C13H8BrN3OS/c14-11-7-10(5-4-9(11)8-18)19-13-16-15-12-3-1-2-6-17(12)13/h1-8H. The highest BCUT2D eigenvalue weighted by molar-refractivity contribution is 9.10. The lowest BCUT2D eigenvalue weighted by Crippen LogP contribution is -1.87. The first-order valence-electron chi connectivity index (χ1n) is 5.50. The van der Waals surface area contributed by atoms with Crippen molar-refractivity contribution in [2.75, 3.05) is 0 Å². The summed E-state index contributed by atoms with van der Waals surface area (Å²) < 4.78 is 2.70. The van der Waals surface area contributed by atoms with Crippen LogP contribution in [0.3, 0.4) is 0 Å². The van der Waals surface area contributed by atoms with Gasteiger partial charge in [0.2, 0.25) is 0 Å². The van der Waals surface area contributed by atoms with Crippen molar-refractivity contribution in [2.45, 2.75) is 10.1 Å². The molecule has 2 heterocycles. The number of nitrogens with zero attached hydrogens (tertiary/aromatic N) is 3. The first-order chi connectivity index (χ1) is 9.28. The van der Waals surface area contributed by atoms with Gasteiger partial charge in [-0.15, -0.1) is 10.2 Å². The number of carbonyl (C=O) groups is 1. The van der Waals surface area contributed by atoms with Crippen LogP contribution in [0.4, 0.5) is 0 Å². The molecule has 0 unspecified atom stereocenters. The molecule has 0 spiro atoms. The maximum atomic E-state index is 10.8. The quantitative estimate of drug-likeness (QED) is 0.688. The third-order valence-corrected chi connectivity index (χ3v) is 4.23. The highest BCUT2D eigenvalue weighted by atomic mass is 79.9. The van der Waals surface area contributed by atoms with E-state index in [2.05, 4.69) is 26.1 Å². The Bertz CT molecular complexity index is 756. The van der Waals surface area contributed by atoms with Crippen LogP contribution in [0.25, 0.3) is 5.65 Å². The van der Waals surface area contributed by atoms with Gasteiger partial charge in [-0.05, 0) is 42.1 Å². The van der Waals surface area contributed by atoms with Gasteiger partial charge in [-0.25, -0.2) is 0 Å². The van der Waals surface area contributed by atoms with E-state index in [9.17, 15) is 4.79 Å². The first-order valence-corrected chi connectivity index (χ1v) is 7.11. The lowest BCUT2D eigenvalue weighted by Gasteiger charge is -2.02. The number of hydrogen-bond acceptors (Lipinski definition) is 4. The van der Waals surface area contributed by atoms with Gasteiger partial charge in [0.05, 0.1) is 0 Å². The average Bonchev–Trinajstić information content (AvgIpc) is 2.83. The second-order valence-electron chi connectivity index (χ2n) is 3.81. The minimum absolute atomic E-state index is 0.635. The normalized spacial score (nSPS) is 10.8. The number of carbonyl (C=O) groups excluding carboxylic acids is 1. The Balaban J connectivity index is 1.97. The molecule has 0 N–H and O–H groups in total. The summed E-state index contributed by atoms with van der Waals surface area (Å²) in [6.07, 6.45) is 2.75. The van der Waals surface area contributed by atoms with Crippen molar-refractivity contribution in [1.82, 2.24) is 14.6 Å². The minimum atomic E-state index is 0.635. The summed E-state index contributed by atoms with van der Waals surface area (Å²) in [7, 11) is 0. The Morgan fingerprint density at radius 3 is 2.89 bits per heavy atom. The summed E-state index contributed by atoms with van der Waals surface area (Å²) in [5.74, 6) is 0. The minimum Gasteiger partial charge on any atom is -0.298 e. The van der Waals surface area contributed by atoms with E-state index in [4.69, 9.17) is 0 Å². The van der Waals surface area contributed by atoms with Crippen molar-refractivity contribution in [3.8, 4) is 0 Å². The second kappa shape index (κ2) is 5.14. The summed E-state index contributed by atoms with van der Waals surface area (Å²) >= 11 is 4.87. The molecule has 0 saturated carbocycles. The van der Waals surface area contributed by atoms with Gasteiger partial charge < -0.3 is 0 Å². The number of aromatic nitrogens is 3. The molecule has 0 radical (unpaired) electrons. The van der Waals surface area contributed by atoms with Crippen molar-refractivity contribution in [3.63, 3.8) is 0 Å².